The van der Waals surface area contributed by atoms with Gasteiger partial charge in [-0.05, 0) is 36.8 Å². The smallest absolute Gasteiger partial charge is 0.255 e. The zero-order valence-corrected chi connectivity index (χ0v) is 14.9. The van der Waals surface area contributed by atoms with Crippen molar-refractivity contribution < 1.29 is 22.7 Å². The number of ether oxygens (including phenoxy) is 2. The lowest BCUT2D eigenvalue weighted by Crippen LogP contribution is -2.26. The van der Waals surface area contributed by atoms with Gasteiger partial charge in [0.25, 0.3) is 5.91 Å². The average molecular weight is 362 g/mol. The van der Waals surface area contributed by atoms with Gasteiger partial charge in [-0.1, -0.05) is 6.07 Å². The van der Waals surface area contributed by atoms with Crippen LogP contribution in [-0.2, 0) is 10.0 Å². The van der Waals surface area contributed by atoms with E-state index in [1.165, 1.54) is 7.05 Å². The molecule has 0 radical (unpaired) electrons. The van der Waals surface area contributed by atoms with Crippen LogP contribution < -0.4 is 19.1 Å². The molecule has 25 heavy (non-hydrogen) atoms. The number of fused-ring (bicyclic) bond motifs is 1. The molecule has 0 aliphatic carbocycles. The first-order valence-electron chi connectivity index (χ1n) is 7.51. The zero-order valence-electron chi connectivity index (χ0n) is 14.1. The molecule has 2 aromatic carbocycles. The summed E-state index contributed by atoms with van der Waals surface area (Å²) in [6.07, 6.45) is 1.12. The van der Waals surface area contributed by atoms with E-state index in [1.807, 2.05) is 0 Å². The number of hydrogen-bond donors (Lipinski definition) is 1. The molecule has 1 N–H and O–H groups in total. The van der Waals surface area contributed by atoms with Gasteiger partial charge < -0.3 is 14.8 Å². The van der Waals surface area contributed by atoms with Crippen molar-refractivity contribution in [3.63, 3.8) is 0 Å². The van der Waals surface area contributed by atoms with Crippen LogP contribution in [0.15, 0.2) is 36.4 Å². The molecule has 0 fully saturated rings. The number of sulfonamides is 1. The molecule has 7 nitrogen and oxygen atoms in total. The van der Waals surface area contributed by atoms with E-state index in [-0.39, 0.29) is 12.7 Å². The van der Waals surface area contributed by atoms with Gasteiger partial charge in [0.1, 0.15) is 0 Å². The Morgan fingerprint density at radius 2 is 1.84 bits per heavy atom. The average Bonchev–Trinajstić information content (AvgIpc) is 3.01. The van der Waals surface area contributed by atoms with E-state index in [0.29, 0.717) is 28.4 Å². The van der Waals surface area contributed by atoms with Gasteiger partial charge in [0, 0.05) is 24.4 Å². The molecule has 132 valence electrons. The molecule has 0 unspecified atom stereocenters. The van der Waals surface area contributed by atoms with Crippen LogP contribution in [0.5, 0.6) is 11.5 Å². The Balaban J connectivity index is 1.85. The number of aryl methyl sites for hydroxylation is 1. The zero-order chi connectivity index (χ0) is 18.2. The van der Waals surface area contributed by atoms with Crippen molar-refractivity contribution in [3.05, 3.63) is 47.5 Å². The second-order valence-electron chi connectivity index (χ2n) is 5.75. The van der Waals surface area contributed by atoms with Crippen molar-refractivity contribution in [1.29, 1.82) is 0 Å². The van der Waals surface area contributed by atoms with Crippen LogP contribution in [0.4, 0.5) is 11.4 Å². The summed E-state index contributed by atoms with van der Waals surface area (Å²) in [6, 6.07) is 10.0. The van der Waals surface area contributed by atoms with Gasteiger partial charge in [0.2, 0.25) is 16.8 Å². The molecule has 1 heterocycles. The Kier molecular flexibility index (Phi) is 4.30. The number of hydrogen-bond acceptors (Lipinski definition) is 5. The summed E-state index contributed by atoms with van der Waals surface area (Å²) >= 11 is 0. The summed E-state index contributed by atoms with van der Waals surface area (Å²) in [6.45, 7) is 1.95. The van der Waals surface area contributed by atoms with Crippen molar-refractivity contribution in [2.75, 3.05) is 29.7 Å². The summed E-state index contributed by atoms with van der Waals surface area (Å²) < 4.78 is 35.2. The molecule has 1 amide bonds. The number of anilines is 2. The Morgan fingerprint density at radius 3 is 2.56 bits per heavy atom. The van der Waals surface area contributed by atoms with Gasteiger partial charge in [0.05, 0.1) is 11.9 Å². The van der Waals surface area contributed by atoms with Crippen molar-refractivity contribution in [1.82, 2.24) is 0 Å². The number of nitrogens with one attached hydrogen (secondary N) is 1. The SMILES string of the molecule is Cc1ccc(C(=O)Nc2ccc3c(c2)OCO3)cc1N(C)S(C)(=O)=O. The lowest BCUT2D eigenvalue weighted by molar-refractivity contribution is 0.102. The van der Waals surface area contributed by atoms with Crippen LogP contribution in [0.25, 0.3) is 0 Å². The molecule has 2 aromatic rings. The van der Waals surface area contributed by atoms with Crippen molar-refractivity contribution in [3.8, 4) is 11.5 Å². The van der Waals surface area contributed by atoms with Crippen molar-refractivity contribution >= 4 is 27.3 Å². The largest absolute Gasteiger partial charge is 0.454 e. The number of amides is 1. The van der Waals surface area contributed by atoms with E-state index < -0.39 is 10.0 Å². The van der Waals surface area contributed by atoms with Crippen LogP contribution in [0, 0.1) is 6.92 Å². The van der Waals surface area contributed by atoms with Gasteiger partial charge in [-0.15, -0.1) is 0 Å². The second kappa shape index (κ2) is 6.29. The predicted molar refractivity (Wildman–Crippen MR) is 94.9 cm³/mol. The number of benzene rings is 2. The Bertz CT molecular complexity index is 940. The molecule has 0 aromatic heterocycles. The number of carbonyl (C=O) groups excluding carboxylic acids is 1. The van der Waals surface area contributed by atoms with E-state index >= 15 is 0 Å². The fourth-order valence-corrected chi connectivity index (χ4v) is 3.00. The maximum atomic E-state index is 12.5. The maximum absolute atomic E-state index is 12.5. The lowest BCUT2D eigenvalue weighted by Gasteiger charge is -2.19. The first kappa shape index (κ1) is 17.1. The van der Waals surface area contributed by atoms with Crippen molar-refractivity contribution in [2.45, 2.75) is 6.92 Å². The van der Waals surface area contributed by atoms with Crippen LogP contribution in [0.3, 0.4) is 0 Å². The normalized spacial score (nSPS) is 12.8. The third-order valence-corrected chi connectivity index (χ3v) is 5.13. The highest BCUT2D eigenvalue weighted by atomic mass is 32.2. The molecular formula is C17H18N2O5S. The van der Waals surface area contributed by atoms with Gasteiger partial charge >= 0.3 is 0 Å². The topological polar surface area (TPSA) is 84.9 Å². The third kappa shape index (κ3) is 3.53. The van der Waals surface area contributed by atoms with E-state index in [4.69, 9.17) is 9.47 Å². The lowest BCUT2D eigenvalue weighted by atomic mass is 10.1. The minimum absolute atomic E-state index is 0.159. The van der Waals surface area contributed by atoms with Gasteiger partial charge in [0.15, 0.2) is 11.5 Å². The number of carbonyl (C=O) groups is 1. The summed E-state index contributed by atoms with van der Waals surface area (Å²) in [5.74, 6) is 0.853. The summed E-state index contributed by atoms with van der Waals surface area (Å²) in [5, 5.41) is 2.77. The van der Waals surface area contributed by atoms with E-state index in [9.17, 15) is 13.2 Å². The number of nitrogens with zero attached hydrogens (tertiary/aromatic N) is 1. The van der Waals surface area contributed by atoms with E-state index in [1.54, 1.807) is 43.3 Å². The van der Waals surface area contributed by atoms with Crippen LogP contribution in [0.2, 0.25) is 0 Å². The second-order valence-corrected chi connectivity index (χ2v) is 7.77. The molecule has 0 saturated heterocycles. The highest BCUT2D eigenvalue weighted by Crippen LogP contribution is 2.34. The Labute approximate surface area is 146 Å². The molecule has 0 saturated carbocycles. The molecule has 0 bridgehead atoms. The first-order valence-corrected chi connectivity index (χ1v) is 9.36. The highest BCUT2D eigenvalue weighted by molar-refractivity contribution is 7.92. The Morgan fingerprint density at radius 1 is 1.12 bits per heavy atom. The van der Waals surface area contributed by atoms with Gasteiger partial charge in [-0.3, -0.25) is 9.10 Å². The van der Waals surface area contributed by atoms with Gasteiger partial charge in [-0.25, -0.2) is 8.42 Å². The van der Waals surface area contributed by atoms with E-state index in [2.05, 4.69) is 5.32 Å². The Hall–Kier alpha value is -2.74. The highest BCUT2D eigenvalue weighted by Gasteiger charge is 2.18. The fraction of sp³-hybridized carbons (Fsp3) is 0.235. The van der Waals surface area contributed by atoms with E-state index in [0.717, 1.165) is 16.1 Å². The van der Waals surface area contributed by atoms with Crippen molar-refractivity contribution in [2.24, 2.45) is 0 Å². The molecule has 0 atom stereocenters. The van der Waals surface area contributed by atoms with Crippen LogP contribution in [-0.4, -0.2) is 34.4 Å². The third-order valence-electron chi connectivity index (χ3n) is 3.94. The van der Waals surface area contributed by atoms with Gasteiger partial charge in [-0.2, -0.15) is 0 Å². The molecule has 3 rings (SSSR count). The van der Waals surface area contributed by atoms with Crippen LogP contribution >= 0.6 is 0 Å². The minimum Gasteiger partial charge on any atom is -0.454 e. The minimum atomic E-state index is -3.42. The molecular weight excluding hydrogens is 344 g/mol. The van der Waals surface area contributed by atoms with Crippen LogP contribution in [0.1, 0.15) is 15.9 Å². The maximum Gasteiger partial charge on any atom is 0.255 e. The molecule has 0 spiro atoms. The first-order chi connectivity index (χ1) is 11.8. The summed E-state index contributed by atoms with van der Waals surface area (Å²) in [4.78, 5) is 12.5. The standard InChI is InChI=1S/C17H18N2O5S/c1-11-4-5-12(8-14(11)19(2)25(3,21)22)17(20)18-13-6-7-15-16(9-13)24-10-23-15/h4-9H,10H2,1-3H3,(H,18,20). The predicted octanol–water partition coefficient (Wildman–Crippen LogP) is 2.37. The molecule has 8 heteroatoms. The summed E-state index contributed by atoms with van der Waals surface area (Å²) in [7, 11) is -1.96. The number of rotatable bonds is 4. The summed E-state index contributed by atoms with van der Waals surface area (Å²) in [5.41, 5.74) is 2.13. The fourth-order valence-electron chi connectivity index (χ4n) is 2.45. The molecule has 1 aliphatic rings. The quantitative estimate of drug-likeness (QED) is 0.903. The molecule has 1 aliphatic heterocycles. The monoisotopic (exact) mass is 362 g/mol.